The second kappa shape index (κ2) is 11.1. The number of anilines is 1. The largest absolute Gasteiger partial charge is 0.399 e. The van der Waals surface area contributed by atoms with Gasteiger partial charge in [-0.1, -0.05) is 24.3 Å². The quantitative estimate of drug-likeness (QED) is 0.565. The van der Waals surface area contributed by atoms with Crippen LogP contribution in [0.2, 0.25) is 0 Å². The summed E-state index contributed by atoms with van der Waals surface area (Å²) in [6.45, 7) is 0.894. The van der Waals surface area contributed by atoms with Crippen LogP contribution in [0.25, 0.3) is 11.0 Å². The summed E-state index contributed by atoms with van der Waals surface area (Å²) in [4.78, 5) is 17.0. The molecule has 0 saturated carbocycles. The number of carbonyl (C=O) groups excluding carboxylic acids is 1. The molecule has 1 aromatic heterocycles. The molecule has 0 fully saturated rings. The van der Waals surface area contributed by atoms with E-state index in [-0.39, 0.29) is 37.3 Å². The molecule has 1 amide bonds. The van der Waals surface area contributed by atoms with Crippen LogP contribution in [-0.2, 0) is 23.5 Å². The average Bonchev–Trinajstić information content (AvgIpc) is 2.95. The maximum atomic E-state index is 12.4. The first-order chi connectivity index (χ1) is 12.2. The molecule has 0 saturated heterocycles. The Morgan fingerprint density at radius 3 is 2.56 bits per heavy atom. The number of aromatic nitrogens is 2. The van der Waals surface area contributed by atoms with Gasteiger partial charge in [-0.3, -0.25) is 4.79 Å². The third-order valence-corrected chi connectivity index (χ3v) is 4.57. The molecule has 0 aliphatic rings. The van der Waals surface area contributed by atoms with Crippen molar-refractivity contribution in [3.8, 4) is 0 Å². The Balaban J connectivity index is 0.00000182. The molecule has 0 aliphatic heterocycles. The number of rotatable bonds is 7. The highest BCUT2D eigenvalue weighted by Gasteiger charge is 2.12. The fourth-order valence-electron chi connectivity index (χ4n) is 2.77. The molecule has 0 aliphatic carbocycles. The van der Waals surface area contributed by atoms with E-state index in [1.807, 2.05) is 59.4 Å². The Morgan fingerprint density at radius 1 is 1.15 bits per heavy atom. The molecule has 3 N–H and O–H groups in total. The lowest BCUT2D eigenvalue weighted by Gasteiger charge is -2.10. The minimum Gasteiger partial charge on any atom is -0.399 e. The van der Waals surface area contributed by atoms with Gasteiger partial charge in [-0.25, -0.2) is 4.98 Å². The number of hydrogen-bond acceptors (Lipinski definition) is 4. The smallest absolute Gasteiger partial charge is 0.240 e. The van der Waals surface area contributed by atoms with Gasteiger partial charge in [0.1, 0.15) is 12.4 Å². The summed E-state index contributed by atoms with van der Waals surface area (Å²) in [5.41, 5.74) is 9.52. The standard InChI is InChI=1S/C19H22N4OS.2ClH/c1-25-13-18-22-16-4-2-3-5-17(16)23(18)12-19(24)21-11-10-14-6-8-15(20)9-7-14;;/h2-9H,10-13,20H2,1H3,(H,21,24);2*1H. The summed E-state index contributed by atoms with van der Waals surface area (Å²) in [6.07, 6.45) is 2.82. The van der Waals surface area contributed by atoms with Crippen LogP contribution >= 0.6 is 36.6 Å². The normalized spacial score (nSPS) is 10.1. The van der Waals surface area contributed by atoms with Crippen LogP contribution in [0.1, 0.15) is 11.4 Å². The lowest BCUT2D eigenvalue weighted by Crippen LogP contribution is -2.29. The monoisotopic (exact) mass is 426 g/mol. The topological polar surface area (TPSA) is 72.9 Å². The molecular weight excluding hydrogens is 403 g/mol. The number of carbonyl (C=O) groups is 1. The number of fused-ring (bicyclic) bond motifs is 1. The molecular formula is C19H24Cl2N4OS. The number of thioether (sulfide) groups is 1. The van der Waals surface area contributed by atoms with Crippen LogP contribution in [0.4, 0.5) is 5.69 Å². The van der Waals surface area contributed by atoms with Gasteiger partial charge in [-0.2, -0.15) is 11.8 Å². The van der Waals surface area contributed by atoms with Crippen LogP contribution in [-0.4, -0.2) is 28.3 Å². The fourth-order valence-corrected chi connectivity index (χ4v) is 3.25. The SMILES string of the molecule is CSCc1nc2ccccc2n1CC(=O)NCCc1ccc(N)cc1.Cl.Cl. The third kappa shape index (κ3) is 6.06. The van der Waals surface area contributed by atoms with Gasteiger partial charge in [0.25, 0.3) is 0 Å². The predicted molar refractivity (Wildman–Crippen MR) is 119 cm³/mol. The van der Waals surface area contributed by atoms with Crippen LogP contribution in [0, 0.1) is 0 Å². The van der Waals surface area contributed by atoms with E-state index in [9.17, 15) is 4.79 Å². The zero-order chi connectivity index (χ0) is 17.6. The molecule has 3 aromatic rings. The maximum absolute atomic E-state index is 12.4. The van der Waals surface area contributed by atoms with Gasteiger partial charge in [0.05, 0.1) is 16.8 Å². The summed E-state index contributed by atoms with van der Waals surface area (Å²) < 4.78 is 2.00. The Labute approximate surface area is 175 Å². The Kier molecular flexibility index (Phi) is 9.49. The number of amides is 1. The maximum Gasteiger partial charge on any atom is 0.240 e. The van der Waals surface area contributed by atoms with Gasteiger partial charge in [-0.05, 0) is 42.5 Å². The van der Waals surface area contributed by atoms with Crippen molar-refractivity contribution in [2.75, 3.05) is 18.5 Å². The first kappa shape index (κ1) is 23.1. The second-order valence-electron chi connectivity index (χ2n) is 5.88. The molecule has 3 rings (SSSR count). The van der Waals surface area contributed by atoms with Crippen LogP contribution in [0.5, 0.6) is 0 Å². The molecule has 0 unspecified atom stereocenters. The number of nitrogens with zero attached hydrogens (tertiary/aromatic N) is 2. The zero-order valence-corrected chi connectivity index (χ0v) is 17.5. The molecule has 5 nitrogen and oxygen atoms in total. The van der Waals surface area contributed by atoms with Crippen molar-refractivity contribution in [2.45, 2.75) is 18.7 Å². The van der Waals surface area contributed by atoms with E-state index in [1.165, 1.54) is 0 Å². The summed E-state index contributed by atoms with van der Waals surface area (Å²) in [5.74, 6) is 1.72. The first-order valence-corrected chi connectivity index (χ1v) is 9.61. The molecule has 0 bridgehead atoms. The number of imidazole rings is 1. The zero-order valence-electron chi connectivity index (χ0n) is 15.1. The lowest BCUT2D eigenvalue weighted by molar-refractivity contribution is -0.121. The van der Waals surface area contributed by atoms with Gasteiger partial charge in [0.2, 0.25) is 5.91 Å². The molecule has 0 atom stereocenters. The molecule has 27 heavy (non-hydrogen) atoms. The second-order valence-corrected chi connectivity index (χ2v) is 6.74. The van der Waals surface area contributed by atoms with Crippen molar-refractivity contribution in [1.29, 1.82) is 0 Å². The van der Waals surface area contributed by atoms with Gasteiger partial charge < -0.3 is 15.6 Å². The van der Waals surface area contributed by atoms with Crippen LogP contribution < -0.4 is 11.1 Å². The molecule has 1 heterocycles. The van der Waals surface area contributed by atoms with Crippen molar-refractivity contribution in [2.24, 2.45) is 0 Å². The van der Waals surface area contributed by atoms with Crippen molar-refractivity contribution in [3.63, 3.8) is 0 Å². The lowest BCUT2D eigenvalue weighted by atomic mass is 10.1. The van der Waals surface area contributed by atoms with E-state index >= 15 is 0 Å². The van der Waals surface area contributed by atoms with E-state index in [0.29, 0.717) is 6.54 Å². The van der Waals surface area contributed by atoms with E-state index in [2.05, 4.69) is 10.3 Å². The minimum absolute atomic E-state index is 0. The summed E-state index contributed by atoms with van der Waals surface area (Å²) in [7, 11) is 0. The Hall–Kier alpha value is -1.89. The van der Waals surface area contributed by atoms with Crippen molar-refractivity contribution >= 4 is 59.2 Å². The molecule has 8 heteroatoms. The fraction of sp³-hybridized carbons (Fsp3) is 0.263. The highest BCUT2D eigenvalue weighted by atomic mass is 35.5. The average molecular weight is 427 g/mol. The highest BCUT2D eigenvalue weighted by Crippen LogP contribution is 2.18. The number of hydrogen-bond donors (Lipinski definition) is 2. The van der Waals surface area contributed by atoms with Crippen molar-refractivity contribution in [1.82, 2.24) is 14.9 Å². The Bertz CT molecular complexity index is 868. The Morgan fingerprint density at radius 2 is 1.85 bits per heavy atom. The minimum atomic E-state index is 0. The first-order valence-electron chi connectivity index (χ1n) is 8.21. The number of halogens is 2. The molecule has 0 radical (unpaired) electrons. The molecule has 2 aromatic carbocycles. The van der Waals surface area contributed by atoms with Gasteiger partial charge in [0.15, 0.2) is 0 Å². The van der Waals surface area contributed by atoms with E-state index in [1.54, 1.807) is 11.8 Å². The van der Waals surface area contributed by atoms with Crippen LogP contribution in [0.15, 0.2) is 48.5 Å². The third-order valence-electron chi connectivity index (χ3n) is 4.02. The van der Waals surface area contributed by atoms with Crippen molar-refractivity contribution in [3.05, 3.63) is 59.9 Å². The summed E-state index contributed by atoms with van der Waals surface area (Å²) in [6, 6.07) is 15.7. The van der Waals surface area contributed by atoms with E-state index < -0.39 is 0 Å². The number of benzene rings is 2. The number of para-hydroxylation sites is 2. The van der Waals surface area contributed by atoms with E-state index in [4.69, 9.17) is 5.73 Å². The van der Waals surface area contributed by atoms with Gasteiger partial charge in [-0.15, -0.1) is 24.8 Å². The number of nitrogen functional groups attached to an aromatic ring is 1. The van der Waals surface area contributed by atoms with Gasteiger partial charge in [0, 0.05) is 12.2 Å². The number of nitrogens with one attached hydrogen (secondary N) is 1. The van der Waals surface area contributed by atoms with Crippen LogP contribution in [0.3, 0.4) is 0 Å². The number of nitrogens with two attached hydrogens (primary N) is 1. The van der Waals surface area contributed by atoms with E-state index in [0.717, 1.165) is 40.3 Å². The molecule has 146 valence electrons. The molecule has 0 spiro atoms. The van der Waals surface area contributed by atoms with Gasteiger partial charge >= 0.3 is 0 Å². The summed E-state index contributed by atoms with van der Waals surface area (Å²) in [5, 5.41) is 2.99. The highest BCUT2D eigenvalue weighted by molar-refractivity contribution is 7.97. The predicted octanol–water partition coefficient (Wildman–Crippen LogP) is 3.68. The summed E-state index contributed by atoms with van der Waals surface area (Å²) >= 11 is 1.70. The van der Waals surface area contributed by atoms with Crippen molar-refractivity contribution < 1.29 is 4.79 Å².